The van der Waals surface area contributed by atoms with Crippen LogP contribution in [0.15, 0.2) is 24.3 Å². The van der Waals surface area contributed by atoms with Gasteiger partial charge in [-0.05, 0) is 24.6 Å². The summed E-state index contributed by atoms with van der Waals surface area (Å²) in [6.45, 7) is 1.69. The number of benzene rings is 1. The summed E-state index contributed by atoms with van der Waals surface area (Å²) in [6, 6.07) is 4.99. The number of carbonyl (C=O) groups is 1. The van der Waals surface area contributed by atoms with Crippen LogP contribution in [0.3, 0.4) is 0 Å². The molecule has 1 aromatic rings. The Balaban J connectivity index is 2.81. The standard InChI is InChI=1S/C13H15Cl2NO2/c1-9(8-17)16(2)12(18)7-6-10-4-3-5-11(14)13(10)15/h3-7,9,17H,8H2,1-2H3/b7-6+. The van der Waals surface area contributed by atoms with Crippen molar-refractivity contribution in [2.24, 2.45) is 0 Å². The number of likely N-dealkylation sites (N-methyl/N-ethyl adjacent to an activating group) is 1. The minimum absolute atomic E-state index is 0.0754. The molecule has 3 nitrogen and oxygen atoms in total. The molecule has 5 heteroatoms. The van der Waals surface area contributed by atoms with Crippen molar-refractivity contribution in [3.8, 4) is 0 Å². The zero-order valence-electron chi connectivity index (χ0n) is 10.2. The lowest BCUT2D eigenvalue weighted by molar-refractivity contribution is -0.127. The van der Waals surface area contributed by atoms with Gasteiger partial charge < -0.3 is 10.0 Å². The van der Waals surface area contributed by atoms with E-state index in [1.54, 1.807) is 38.2 Å². The van der Waals surface area contributed by atoms with Crippen LogP contribution >= 0.6 is 23.2 Å². The van der Waals surface area contributed by atoms with Gasteiger partial charge in [-0.1, -0.05) is 35.3 Å². The van der Waals surface area contributed by atoms with Gasteiger partial charge in [0.1, 0.15) is 0 Å². The molecule has 0 radical (unpaired) electrons. The zero-order chi connectivity index (χ0) is 13.7. The first-order valence-corrected chi connectivity index (χ1v) is 6.22. The van der Waals surface area contributed by atoms with Gasteiger partial charge in [0, 0.05) is 13.1 Å². The van der Waals surface area contributed by atoms with E-state index in [2.05, 4.69) is 0 Å². The summed E-state index contributed by atoms with van der Waals surface area (Å²) >= 11 is 11.9. The second kappa shape index (κ2) is 6.78. The molecule has 1 unspecified atom stereocenters. The Bertz CT molecular complexity index is 460. The molecule has 18 heavy (non-hydrogen) atoms. The van der Waals surface area contributed by atoms with Gasteiger partial charge in [-0.2, -0.15) is 0 Å². The van der Waals surface area contributed by atoms with E-state index < -0.39 is 0 Å². The van der Waals surface area contributed by atoms with Gasteiger partial charge in [-0.15, -0.1) is 0 Å². The quantitative estimate of drug-likeness (QED) is 0.865. The average molecular weight is 288 g/mol. The van der Waals surface area contributed by atoms with Gasteiger partial charge in [0.2, 0.25) is 5.91 Å². The molecule has 1 rings (SSSR count). The summed E-state index contributed by atoms with van der Waals surface area (Å²) in [5.74, 6) is -0.201. The molecule has 1 atom stereocenters. The fraction of sp³-hybridized carbons (Fsp3) is 0.308. The number of nitrogens with zero attached hydrogens (tertiary/aromatic N) is 1. The van der Waals surface area contributed by atoms with Crippen molar-refractivity contribution in [3.63, 3.8) is 0 Å². The van der Waals surface area contributed by atoms with Gasteiger partial charge in [-0.25, -0.2) is 0 Å². The third-order valence-corrected chi connectivity index (χ3v) is 3.49. The Kier molecular flexibility index (Phi) is 5.66. The van der Waals surface area contributed by atoms with Crippen molar-refractivity contribution >= 4 is 35.2 Å². The molecule has 0 spiro atoms. The third-order valence-electron chi connectivity index (χ3n) is 2.66. The van der Waals surface area contributed by atoms with Crippen molar-refractivity contribution < 1.29 is 9.90 Å². The van der Waals surface area contributed by atoms with Crippen LogP contribution in [0.4, 0.5) is 0 Å². The molecule has 1 N–H and O–H groups in total. The molecule has 0 aliphatic heterocycles. The lowest BCUT2D eigenvalue weighted by atomic mass is 10.2. The summed E-state index contributed by atoms with van der Waals surface area (Å²) in [5.41, 5.74) is 0.683. The molecule has 0 aliphatic carbocycles. The number of hydrogen-bond donors (Lipinski definition) is 1. The van der Waals surface area contributed by atoms with E-state index in [4.69, 9.17) is 28.3 Å². The third kappa shape index (κ3) is 3.73. The Morgan fingerprint density at radius 1 is 1.50 bits per heavy atom. The van der Waals surface area contributed by atoms with Crippen molar-refractivity contribution in [2.45, 2.75) is 13.0 Å². The van der Waals surface area contributed by atoms with Crippen LogP contribution in [0.25, 0.3) is 6.08 Å². The molecule has 1 amide bonds. The highest BCUT2D eigenvalue weighted by Crippen LogP contribution is 2.26. The number of aliphatic hydroxyl groups is 1. The van der Waals surface area contributed by atoms with Gasteiger partial charge in [0.25, 0.3) is 0 Å². The van der Waals surface area contributed by atoms with Crippen LogP contribution in [0, 0.1) is 0 Å². The van der Waals surface area contributed by atoms with Crippen LogP contribution in [0.5, 0.6) is 0 Å². The summed E-state index contributed by atoms with van der Waals surface area (Å²) in [4.78, 5) is 13.2. The Morgan fingerprint density at radius 2 is 2.17 bits per heavy atom. The Labute approximate surface area is 117 Å². The van der Waals surface area contributed by atoms with E-state index in [0.29, 0.717) is 15.6 Å². The molecule has 0 aromatic heterocycles. The molecule has 0 saturated heterocycles. The second-order valence-corrected chi connectivity index (χ2v) is 4.74. The highest BCUT2D eigenvalue weighted by molar-refractivity contribution is 6.42. The highest BCUT2D eigenvalue weighted by atomic mass is 35.5. The van der Waals surface area contributed by atoms with Gasteiger partial charge in [0.05, 0.1) is 22.7 Å². The normalized spacial score (nSPS) is 12.7. The van der Waals surface area contributed by atoms with E-state index in [0.717, 1.165) is 0 Å². The minimum atomic E-state index is -0.225. The van der Waals surface area contributed by atoms with Gasteiger partial charge in [0.15, 0.2) is 0 Å². The van der Waals surface area contributed by atoms with Crippen molar-refractivity contribution in [1.82, 2.24) is 4.90 Å². The Hall–Kier alpha value is -1.03. The molecule has 0 fully saturated rings. The molecule has 0 heterocycles. The van der Waals surface area contributed by atoms with Crippen LogP contribution in [0.2, 0.25) is 10.0 Å². The Morgan fingerprint density at radius 3 is 2.78 bits per heavy atom. The number of halogens is 2. The molecule has 0 saturated carbocycles. The van der Waals surface area contributed by atoms with E-state index in [9.17, 15) is 4.79 Å². The maximum Gasteiger partial charge on any atom is 0.246 e. The number of aliphatic hydroxyl groups excluding tert-OH is 1. The minimum Gasteiger partial charge on any atom is -0.394 e. The van der Waals surface area contributed by atoms with Crippen molar-refractivity contribution in [2.75, 3.05) is 13.7 Å². The first-order valence-electron chi connectivity index (χ1n) is 5.47. The molecular weight excluding hydrogens is 273 g/mol. The maximum atomic E-state index is 11.8. The topological polar surface area (TPSA) is 40.5 Å². The lowest BCUT2D eigenvalue weighted by Gasteiger charge is -2.21. The predicted octanol–water partition coefficient (Wildman–Crippen LogP) is 2.85. The van der Waals surface area contributed by atoms with E-state index >= 15 is 0 Å². The van der Waals surface area contributed by atoms with Crippen molar-refractivity contribution in [1.29, 1.82) is 0 Å². The number of amides is 1. The molecule has 0 aliphatic rings. The SMILES string of the molecule is CC(CO)N(C)C(=O)/C=C/c1cccc(Cl)c1Cl. The smallest absolute Gasteiger partial charge is 0.246 e. The van der Waals surface area contributed by atoms with Crippen molar-refractivity contribution in [3.05, 3.63) is 39.9 Å². The summed E-state index contributed by atoms with van der Waals surface area (Å²) in [5, 5.41) is 9.83. The van der Waals surface area contributed by atoms with Crippen LogP contribution < -0.4 is 0 Å². The number of carbonyl (C=O) groups excluding carboxylic acids is 1. The largest absolute Gasteiger partial charge is 0.394 e. The van der Waals surface area contributed by atoms with Crippen LogP contribution in [0.1, 0.15) is 12.5 Å². The predicted molar refractivity (Wildman–Crippen MR) is 74.8 cm³/mol. The zero-order valence-corrected chi connectivity index (χ0v) is 11.7. The summed E-state index contributed by atoms with van der Waals surface area (Å²) in [7, 11) is 1.63. The highest BCUT2D eigenvalue weighted by Gasteiger charge is 2.12. The van der Waals surface area contributed by atoms with E-state index in [1.807, 2.05) is 0 Å². The number of hydrogen-bond acceptors (Lipinski definition) is 2. The fourth-order valence-electron chi connectivity index (χ4n) is 1.27. The van der Waals surface area contributed by atoms with E-state index in [-0.39, 0.29) is 18.6 Å². The second-order valence-electron chi connectivity index (χ2n) is 3.96. The monoisotopic (exact) mass is 287 g/mol. The fourth-order valence-corrected chi connectivity index (χ4v) is 1.64. The average Bonchev–Trinajstić information content (AvgIpc) is 2.38. The summed E-state index contributed by atoms with van der Waals surface area (Å²) < 4.78 is 0. The van der Waals surface area contributed by atoms with Gasteiger partial charge >= 0.3 is 0 Å². The first-order chi connectivity index (χ1) is 8.47. The van der Waals surface area contributed by atoms with Crippen LogP contribution in [-0.4, -0.2) is 35.6 Å². The molecule has 0 bridgehead atoms. The molecule has 98 valence electrons. The number of rotatable bonds is 4. The first kappa shape index (κ1) is 15.0. The maximum absolute atomic E-state index is 11.8. The summed E-state index contributed by atoms with van der Waals surface area (Å²) in [6.07, 6.45) is 3.01. The molecule has 1 aromatic carbocycles. The van der Waals surface area contributed by atoms with E-state index in [1.165, 1.54) is 11.0 Å². The molecular formula is C13H15Cl2NO2. The lowest BCUT2D eigenvalue weighted by Crippen LogP contribution is -2.36. The van der Waals surface area contributed by atoms with Gasteiger partial charge in [-0.3, -0.25) is 4.79 Å². The van der Waals surface area contributed by atoms with Crippen LogP contribution in [-0.2, 0) is 4.79 Å².